The molecule has 0 aromatic heterocycles. The third-order valence-electron chi connectivity index (χ3n) is 2.59. The van der Waals surface area contributed by atoms with Gasteiger partial charge in [0.15, 0.2) is 0 Å². The highest BCUT2D eigenvalue weighted by Gasteiger charge is 2.11. The Labute approximate surface area is 114 Å². The fourth-order valence-corrected chi connectivity index (χ4v) is 2.55. The van der Waals surface area contributed by atoms with Gasteiger partial charge in [-0.3, -0.25) is 0 Å². The number of nitrogens with two attached hydrogens (primary N) is 1. The summed E-state index contributed by atoms with van der Waals surface area (Å²) < 4.78 is 26.4. The molecule has 2 rings (SSSR count). The van der Waals surface area contributed by atoms with Crippen LogP contribution in [0.4, 0.5) is 14.5 Å². The Balaban J connectivity index is 2.04. The van der Waals surface area contributed by atoms with Gasteiger partial charge in [0.05, 0.1) is 6.10 Å². The molecule has 0 bridgehead atoms. The van der Waals surface area contributed by atoms with Gasteiger partial charge in [0, 0.05) is 16.3 Å². The molecule has 0 spiro atoms. The molecule has 0 amide bonds. The maximum atomic E-state index is 13.4. The Morgan fingerprint density at radius 2 is 1.95 bits per heavy atom. The normalized spacial score (nSPS) is 12.4. The van der Waals surface area contributed by atoms with Crippen LogP contribution in [0.1, 0.15) is 11.7 Å². The second-order valence-corrected chi connectivity index (χ2v) is 5.13. The number of halogens is 2. The van der Waals surface area contributed by atoms with E-state index in [1.54, 1.807) is 24.3 Å². The number of anilines is 1. The molecule has 3 N–H and O–H groups in total. The molecule has 100 valence electrons. The van der Waals surface area contributed by atoms with E-state index in [-0.39, 0.29) is 10.6 Å². The molecule has 0 radical (unpaired) electrons. The van der Waals surface area contributed by atoms with Crippen molar-refractivity contribution in [1.29, 1.82) is 0 Å². The third-order valence-corrected chi connectivity index (χ3v) is 3.69. The standard InChI is InChI=1S/C14H13F2NOS/c15-10-4-5-12(16)14(7-10)19-8-13(18)9-2-1-3-11(17)6-9/h1-7,13,18H,8,17H2. The Morgan fingerprint density at radius 1 is 1.16 bits per heavy atom. The molecule has 19 heavy (non-hydrogen) atoms. The fourth-order valence-electron chi connectivity index (χ4n) is 1.62. The average molecular weight is 281 g/mol. The zero-order valence-electron chi connectivity index (χ0n) is 10.0. The van der Waals surface area contributed by atoms with Gasteiger partial charge in [-0.05, 0) is 35.9 Å². The SMILES string of the molecule is Nc1cccc(C(O)CSc2cc(F)ccc2F)c1. The number of aliphatic hydroxyl groups is 1. The average Bonchev–Trinajstić information content (AvgIpc) is 2.39. The van der Waals surface area contributed by atoms with Crippen molar-refractivity contribution in [2.24, 2.45) is 0 Å². The van der Waals surface area contributed by atoms with Gasteiger partial charge in [0.2, 0.25) is 0 Å². The summed E-state index contributed by atoms with van der Waals surface area (Å²) in [5, 5.41) is 9.97. The number of hydrogen-bond donors (Lipinski definition) is 2. The number of rotatable bonds is 4. The summed E-state index contributed by atoms with van der Waals surface area (Å²) in [5.74, 6) is -0.766. The van der Waals surface area contributed by atoms with Crippen LogP contribution in [0, 0.1) is 11.6 Å². The molecule has 2 aromatic rings. The van der Waals surface area contributed by atoms with Gasteiger partial charge in [0.25, 0.3) is 0 Å². The third kappa shape index (κ3) is 3.68. The molecule has 0 aliphatic rings. The number of nitrogen functional groups attached to an aromatic ring is 1. The Hall–Kier alpha value is -1.59. The zero-order chi connectivity index (χ0) is 13.8. The van der Waals surface area contributed by atoms with E-state index in [9.17, 15) is 13.9 Å². The lowest BCUT2D eigenvalue weighted by Gasteiger charge is -2.11. The number of thioether (sulfide) groups is 1. The quantitative estimate of drug-likeness (QED) is 0.667. The smallest absolute Gasteiger partial charge is 0.136 e. The van der Waals surface area contributed by atoms with Gasteiger partial charge in [-0.2, -0.15) is 0 Å². The van der Waals surface area contributed by atoms with E-state index in [2.05, 4.69) is 0 Å². The molecule has 0 fully saturated rings. The first kappa shape index (κ1) is 13.8. The van der Waals surface area contributed by atoms with Crippen LogP contribution in [0.15, 0.2) is 47.4 Å². The Bertz CT molecular complexity index is 577. The maximum Gasteiger partial charge on any atom is 0.136 e. The monoisotopic (exact) mass is 281 g/mol. The van der Waals surface area contributed by atoms with Crippen molar-refractivity contribution in [3.05, 3.63) is 59.7 Å². The van der Waals surface area contributed by atoms with Crippen LogP contribution in [0.5, 0.6) is 0 Å². The minimum atomic E-state index is -0.781. The van der Waals surface area contributed by atoms with Gasteiger partial charge in [-0.1, -0.05) is 12.1 Å². The van der Waals surface area contributed by atoms with Crippen molar-refractivity contribution in [3.63, 3.8) is 0 Å². The Kier molecular flexibility index (Phi) is 4.39. The highest BCUT2D eigenvalue weighted by atomic mass is 32.2. The largest absolute Gasteiger partial charge is 0.399 e. The topological polar surface area (TPSA) is 46.2 Å². The van der Waals surface area contributed by atoms with E-state index in [1.807, 2.05) is 0 Å². The summed E-state index contributed by atoms with van der Waals surface area (Å²) >= 11 is 1.06. The lowest BCUT2D eigenvalue weighted by molar-refractivity contribution is 0.204. The molecule has 0 aliphatic heterocycles. The molecule has 1 atom stereocenters. The van der Waals surface area contributed by atoms with Gasteiger partial charge in [-0.25, -0.2) is 8.78 Å². The molecule has 2 aromatic carbocycles. The first-order valence-corrected chi connectivity index (χ1v) is 6.66. The summed E-state index contributed by atoms with van der Waals surface area (Å²) in [6.45, 7) is 0. The van der Waals surface area contributed by atoms with Gasteiger partial charge in [-0.15, -0.1) is 11.8 Å². The van der Waals surface area contributed by atoms with Crippen molar-refractivity contribution < 1.29 is 13.9 Å². The van der Waals surface area contributed by atoms with Crippen LogP contribution in [0.3, 0.4) is 0 Å². The molecular weight excluding hydrogens is 268 g/mol. The summed E-state index contributed by atoms with van der Waals surface area (Å²) in [4.78, 5) is 0.183. The fraction of sp³-hybridized carbons (Fsp3) is 0.143. The number of aliphatic hydroxyl groups excluding tert-OH is 1. The van der Waals surface area contributed by atoms with E-state index < -0.39 is 17.7 Å². The minimum Gasteiger partial charge on any atom is -0.399 e. The van der Waals surface area contributed by atoms with E-state index in [1.165, 1.54) is 0 Å². The van der Waals surface area contributed by atoms with Crippen LogP contribution in [-0.2, 0) is 0 Å². The van der Waals surface area contributed by atoms with Crippen LogP contribution in [0.2, 0.25) is 0 Å². The lowest BCUT2D eigenvalue weighted by Crippen LogP contribution is -2.01. The van der Waals surface area contributed by atoms with E-state index in [0.717, 1.165) is 30.0 Å². The predicted octanol–water partition coefficient (Wildman–Crippen LogP) is 3.37. The van der Waals surface area contributed by atoms with E-state index in [4.69, 9.17) is 5.73 Å². The van der Waals surface area contributed by atoms with Crippen LogP contribution in [0.25, 0.3) is 0 Å². The Morgan fingerprint density at radius 3 is 2.68 bits per heavy atom. The maximum absolute atomic E-state index is 13.4. The highest BCUT2D eigenvalue weighted by molar-refractivity contribution is 7.99. The van der Waals surface area contributed by atoms with Crippen LogP contribution >= 0.6 is 11.8 Å². The first-order valence-electron chi connectivity index (χ1n) is 5.67. The summed E-state index contributed by atoms with van der Waals surface area (Å²) in [6.07, 6.45) is -0.781. The first-order chi connectivity index (χ1) is 9.06. The lowest BCUT2D eigenvalue weighted by atomic mass is 10.1. The van der Waals surface area contributed by atoms with Gasteiger partial charge in [0.1, 0.15) is 11.6 Å². The second kappa shape index (κ2) is 6.04. The van der Waals surface area contributed by atoms with Gasteiger partial charge < -0.3 is 10.8 Å². The highest BCUT2D eigenvalue weighted by Crippen LogP contribution is 2.27. The molecule has 5 heteroatoms. The molecule has 2 nitrogen and oxygen atoms in total. The van der Waals surface area contributed by atoms with Crippen LogP contribution < -0.4 is 5.73 Å². The van der Waals surface area contributed by atoms with Crippen molar-refractivity contribution in [1.82, 2.24) is 0 Å². The molecule has 0 saturated carbocycles. The molecule has 0 aliphatic carbocycles. The second-order valence-electron chi connectivity index (χ2n) is 4.07. The van der Waals surface area contributed by atoms with Crippen LogP contribution in [-0.4, -0.2) is 10.9 Å². The molecular formula is C14H13F2NOS. The minimum absolute atomic E-state index is 0.183. The van der Waals surface area contributed by atoms with Crippen molar-refractivity contribution in [3.8, 4) is 0 Å². The predicted molar refractivity (Wildman–Crippen MR) is 72.9 cm³/mol. The number of hydrogen-bond acceptors (Lipinski definition) is 3. The van der Waals surface area contributed by atoms with E-state index >= 15 is 0 Å². The molecule has 0 saturated heterocycles. The van der Waals surface area contributed by atoms with Crippen molar-refractivity contribution >= 4 is 17.4 Å². The summed E-state index contributed by atoms with van der Waals surface area (Å²) in [6, 6.07) is 10.1. The summed E-state index contributed by atoms with van der Waals surface area (Å²) in [5.41, 5.74) is 6.83. The summed E-state index contributed by atoms with van der Waals surface area (Å²) in [7, 11) is 0. The van der Waals surface area contributed by atoms with Crippen molar-refractivity contribution in [2.75, 3.05) is 11.5 Å². The molecule has 1 unspecified atom stereocenters. The van der Waals surface area contributed by atoms with E-state index in [0.29, 0.717) is 11.3 Å². The van der Waals surface area contributed by atoms with Crippen molar-refractivity contribution in [2.45, 2.75) is 11.0 Å². The zero-order valence-corrected chi connectivity index (χ0v) is 10.8. The van der Waals surface area contributed by atoms with Gasteiger partial charge >= 0.3 is 0 Å². The molecule has 0 heterocycles. The number of benzene rings is 2.